The van der Waals surface area contributed by atoms with E-state index in [2.05, 4.69) is 18.8 Å². The third-order valence-corrected chi connectivity index (χ3v) is 2.42. The van der Waals surface area contributed by atoms with E-state index in [0.29, 0.717) is 0 Å². The van der Waals surface area contributed by atoms with Crippen molar-refractivity contribution in [1.29, 1.82) is 0 Å². The van der Waals surface area contributed by atoms with Crippen LogP contribution in [0.1, 0.15) is 25.8 Å². The molecule has 0 spiro atoms. The molecule has 0 bridgehead atoms. The van der Waals surface area contributed by atoms with Crippen LogP contribution < -0.4 is 4.87 Å². The zero-order valence-corrected chi connectivity index (χ0v) is 9.57. The molecule has 0 radical (unpaired) electrons. The van der Waals surface area contributed by atoms with Gasteiger partial charge in [0.2, 0.25) is 0 Å². The van der Waals surface area contributed by atoms with E-state index < -0.39 is 0 Å². The number of nitrogens with one attached hydrogen (secondary N) is 1. The van der Waals surface area contributed by atoms with E-state index in [1.165, 1.54) is 23.3 Å². The second kappa shape index (κ2) is 4.96. The Hall–Kier alpha value is -1.09. The fourth-order valence-electron chi connectivity index (χ4n) is 1.05. The Morgan fingerprint density at radius 1 is 1.36 bits per heavy atom. The monoisotopic (exact) mass is 209 g/mol. The minimum absolute atomic E-state index is 0.0191. The van der Waals surface area contributed by atoms with E-state index in [-0.39, 0.29) is 4.87 Å². The number of aromatic nitrogens is 1. The van der Waals surface area contributed by atoms with Gasteiger partial charge in [-0.3, -0.25) is 4.79 Å². The van der Waals surface area contributed by atoms with Gasteiger partial charge < -0.3 is 4.98 Å². The van der Waals surface area contributed by atoms with Gasteiger partial charge >= 0.3 is 4.87 Å². The molecule has 2 aromatic rings. The van der Waals surface area contributed by atoms with Gasteiger partial charge in [-0.2, -0.15) is 0 Å². The summed E-state index contributed by atoms with van der Waals surface area (Å²) in [6, 6.07) is 5.94. The normalized spacial score (nSPS) is 9.64. The molecular weight excluding hydrogens is 194 g/mol. The van der Waals surface area contributed by atoms with Crippen LogP contribution in [0.15, 0.2) is 23.0 Å². The summed E-state index contributed by atoms with van der Waals surface area (Å²) in [5.74, 6) is 0. The van der Waals surface area contributed by atoms with Crippen molar-refractivity contribution in [3.8, 4) is 0 Å². The molecule has 0 amide bonds. The van der Waals surface area contributed by atoms with Crippen molar-refractivity contribution < 1.29 is 0 Å². The Labute approximate surface area is 87.6 Å². The van der Waals surface area contributed by atoms with Crippen molar-refractivity contribution in [2.75, 3.05) is 0 Å². The molecule has 2 rings (SSSR count). The van der Waals surface area contributed by atoms with E-state index in [4.69, 9.17) is 0 Å². The Kier molecular flexibility index (Phi) is 3.89. The van der Waals surface area contributed by atoms with Gasteiger partial charge in [0.1, 0.15) is 0 Å². The summed E-state index contributed by atoms with van der Waals surface area (Å²) in [5, 5.41) is 0. The fraction of sp³-hybridized carbons (Fsp3) is 0.364. The zero-order chi connectivity index (χ0) is 10.6. The molecule has 2 nitrogen and oxygen atoms in total. The quantitative estimate of drug-likeness (QED) is 0.709. The van der Waals surface area contributed by atoms with Crippen LogP contribution in [0.3, 0.4) is 0 Å². The first kappa shape index (κ1) is 11.0. The first-order chi connectivity index (χ1) is 6.67. The van der Waals surface area contributed by atoms with Crippen LogP contribution in [0.25, 0.3) is 10.2 Å². The summed E-state index contributed by atoms with van der Waals surface area (Å²) in [5.41, 5.74) is 2.12. The number of fused-ring (bicyclic) bond motifs is 1. The van der Waals surface area contributed by atoms with Crippen molar-refractivity contribution in [3.63, 3.8) is 0 Å². The van der Waals surface area contributed by atoms with Gasteiger partial charge in [0.25, 0.3) is 0 Å². The molecule has 1 N–H and O–H groups in total. The van der Waals surface area contributed by atoms with Crippen LogP contribution in [0, 0.1) is 6.92 Å². The van der Waals surface area contributed by atoms with Gasteiger partial charge in [-0.25, -0.2) is 0 Å². The molecule has 0 aliphatic rings. The molecule has 3 heteroatoms. The average Bonchev–Trinajstić information content (AvgIpc) is 2.45. The maximum Gasteiger partial charge on any atom is 0.305 e. The Balaban J connectivity index is 0.000000293. The topological polar surface area (TPSA) is 32.9 Å². The highest BCUT2D eigenvalue weighted by molar-refractivity contribution is 7.16. The minimum Gasteiger partial charge on any atom is -0.312 e. The molecule has 0 saturated carbocycles. The first-order valence-electron chi connectivity index (χ1n) is 4.76. The lowest BCUT2D eigenvalue weighted by atomic mass is 10.2. The molecule has 0 saturated heterocycles. The van der Waals surface area contributed by atoms with Crippen molar-refractivity contribution >= 4 is 21.6 Å². The smallest absolute Gasteiger partial charge is 0.305 e. The van der Waals surface area contributed by atoms with Crippen molar-refractivity contribution in [2.24, 2.45) is 0 Å². The highest BCUT2D eigenvalue weighted by atomic mass is 32.1. The number of hydrogen-bond acceptors (Lipinski definition) is 2. The summed E-state index contributed by atoms with van der Waals surface area (Å²) >= 11 is 1.26. The van der Waals surface area contributed by atoms with E-state index in [0.717, 1.165) is 10.2 Å². The van der Waals surface area contributed by atoms with Crippen LogP contribution in [0.5, 0.6) is 0 Å². The van der Waals surface area contributed by atoms with Gasteiger partial charge in [-0.15, -0.1) is 0 Å². The summed E-state index contributed by atoms with van der Waals surface area (Å²) in [7, 11) is 0. The summed E-state index contributed by atoms with van der Waals surface area (Å²) in [4.78, 5) is 13.6. The Morgan fingerprint density at radius 2 is 2.00 bits per heavy atom. The predicted octanol–water partition coefficient (Wildman–Crippen LogP) is 3.31. The third-order valence-electron chi connectivity index (χ3n) is 1.58. The minimum atomic E-state index is 0.0191. The summed E-state index contributed by atoms with van der Waals surface area (Å²) in [6.07, 6.45) is 1.25. The lowest BCUT2D eigenvalue weighted by Crippen LogP contribution is -1.89. The molecular formula is C11H15NOS. The number of hydrogen-bond donors (Lipinski definition) is 1. The SMILES string of the molecule is CCC.Cc1ccc2[nH]c(=O)sc2c1. The highest BCUT2D eigenvalue weighted by Gasteiger charge is 1.96. The molecule has 0 aliphatic carbocycles. The van der Waals surface area contributed by atoms with Gasteiger partial charge in [0.15, 0.2) is 0 Å². The highest BCUT2D eigenvalue weighted by Crippen LogP contribution is 2.14. The first-order valence-corrected chi connectivity index (χ1v) is 5.58. The maximum absolute atomic E-state index is 10.9. The predicted molar refractivity (Wildman–Crippen MR) is 63.1 cm³/mol. The Bertz CT molecular complexity index is 456. The molecule has 1 aromatic heterocycles. The lowest BCUT2D eigenvalue weighted by Gasteiger charge is -1.89. The average molecular weight is 209 g/mol. The number of H-pyrrole nitrogens is 1. The summed E-state index contributed by atoms with van der Waals surface area (Å²) < 4.78 is 1.04. The van der Waals surface area contributed by atoms with Gasteiger partial charge in [-0.1, -0.05) is 37.7 Å². The van der Waals surface area contributed by atoms with E-state index >= 15 is 0 Å². The summed E-state index contributed by atoms with van der Waals surface area (Å²) in [6.45, 7) is 6.27. The molecule has 1 heterocycles. The van der Waals surface area contributed by atoms with Gasteiger partial charge in [0, 0.05) is 0 Å². The van der Waals surface area contributed by atoms with Crippen LogP contribution in [-0.2, 0) is 0 Å². The molecule has 0 unspecified atom stereocenters. The van der Waals surface area contributed by atoms with E-state index in [1.807, 2.05) is 25.1 Å². The van der Waals surface area contributed by atoms with Crippen LogP contribution in [0.4, 0.5) is 0 Å². The number of rotatable bonds is 0. The fourth-order valence-corrected chi connectivity index (χ4v) is 1.89. The second-order valence-electron chi connectivity index (χ2n) is 3.22. The number of aryl methyl sites for hydroxylation is 1. The molecule has 0 atom stereocenters. The standard InChI is InChI=1S/C8H7NOS.C3H8/c1-5-2-3-6-7(4-5)11-8(10)9-6;1-3-2/h2-4H,1H3,(H,9,10);3H2,1-2H3. The van der Waals surface area contributed by atoms with Crippen LogP contribution in [0.2, 0.25) is 0 Å². The van der Waals surface area contributed by atoms with Crippen molar-refractivity contribution in [1.82, 2.24) is 4.98 Å². The lowest BCUT2D eigenvalue weighted by molar-refractivity contribution is 1.09. The van der Waals surface area contributed by atoms with Gasteiger partial charge in [0.05, 0.1) is 10.2 Å². The van der Waals surface area contributed by atoms with Gasteiger partial charge in [-0.05, 0) is 24.6 Å². The number of benzene rings is 1. The molecule has 14 heavy (non-hydrogen) atoms. The van der Waals surface area contributed by atoms with Crippen molar-refractivity contribution in [3.05, 3.63) is 33.4 Å². The van der Waals surface area contributed by atoms with Crippen LogP contribution in [-0.4, -0.2) is 4.98 Å². The van der Waals surface area contributed by atoms with Crippen molar-refractivity contribution in [2.45, 2.75) is 27.2 Å². The second-order valence-corrected chi connectivity index (χ2v) is 4.24. The molecule has 1 aromatic carbocycles. The number of aromatic amines is 1. The van der Waals surface area contributed by atoms with E-state index in [9.17, 15) is 4.79 Å². The molecule has 0 aliphatic heterocycles. The largest absolute Gasteiger partial charge is 0.312 e. The molecule has 0 fully saturated rings. The Morgan fingerprint density at radius 3 is 2.64 bits per heavy atom. The van der Waals surface area contributed by atoms with Crippen LogP contribution >= 0.6 is 11.3 Å². The third kappa shape index (κ3) is 2.70. The zero-order valence-electron chi connectivity index (χ0n) is 8.76. The maximum atomic E-state index is 10.9. The number of thiazole rings is 1. The van der Waals surface area contributed by atoms with E-state index in [1.54, 1.807) is 0 Å². The molecule has 76 valence electrons.